The van der Waals surface area contributed by atoms with Gasteiger partial charge in [0.2, 0.25) is 0 Å². The van der Waals surface area contributed by atoms with Gasteiger partial charge in [0, 0.05) is 23.9 Å². The van der Waals surface area contributed by atoms with Crippen molar-refractivity contribution in [3.63, 3.8) is 0 Å². The summed E-state index contributed by atoms with van der Waals surface area (Å²) < 4.78 is 27.5. The van der Waals surface area contributed by atoms with E-state index in [1.807, 2.05) is 60.8 Å². The van der Waals surface area contributed by atoms with Gasteiger partial charge in [-0.3, -0.25) is 9.20 Å². The lowest BCUT2D eigenvalue weighted by atomic mass is 10.1. The molecule has 8 heteroatoms. The van der Waals surface area contributed by atoms with E-state index in [1.54, 1.807) is 12.1 Å². The number of hydrogen-bond donors (Lipinski definition) is 1. The van der Waals surface area contributed by atoms with Crippen LogP contribution in [0.4, 0.5) is 4.39 Å². The average Bonchev–Trinajstić information content (AvgIpc) is 3.44. The number of rotatable bonds is 9. The van der Waals surface area contributed by atoms with E-state index < -0.39 is 0 Å². The van der Waals surface area contributed by atoms with Gasteiger partial charge in [-0.15, -0.1) is 0 Å². The molecule has 0 aliphatic rings. The molecule has 0 aliphatic heterocycles. The van der Waals surface area contributed by atoms with Crippen LogP contribution in [0.15, 0.2) is 66.9 Å². The minimum atomic E-state index is -0.272. The van der Waals surface area contributed by atoms with E-state index in [0.717, 1.165) is 43.5 Å². The summed E-state index contributed by atoms with van der Waals surface area (Å²) in [7, 11) is 0. The lowest BCUT2D eigenvalue weighted by molar-refractivity contribution is 0.0954. The topological polar surface area (TPSA) is 64.9 Å². The Morgan fingerprint density at radius 2 is 1.78 bits per heavy atom. The first-order valence-corrected chi connectivity index (χ1v) is 12.7. The predicted octanol–water partition coefficient (Wildman–Crippen LogP) is 6.13. The van der Waals surface area contributed by atoms with E-state index in [1.165, 1.54) is 23.5 Å². The third kappa shape index (κ3) is 4.90. The number of hydrogen-bond acceptors (Lipinski definition) is 5. The molecule has 5 rings (SSSR count). The fourth-order valence-electron chi connectivity index (χ4n) is 4.08. The van der Waals surface area contributed by atoms with E-state index in [4.69, 9.17) is 9.47 Å². The van der Waals surface area contributed by atoms with Crippen LogP contribution < -0.4 is 14.8 Å². The highest BCUT2D eigenvalue weighted by molar-refractivity contribution is 7.23. The van der Waals surface area contributed by atoms with E-state index in [2.05, 4.69) is 10.3 Å². The number of halogens is 1. The molecule has 0 saturated heterocycles. The molecule has 0 bridgehead atoms. The molecule has 0 fully saturated rings. The van der Waals surface area contributed by atoms with Crippen LogP contribution in [0.1, 0.15) is 29.8 Å². The normalized spacial score (nSPS) is 11.2. The number of amides is 1. The Morgan fingerprint density at radius 3 is 2.56 bits per heavy atom. The van der Waals surface area contributed by atoms with Gasteiger partial charge >= 0.3 is 0 Å². The molecule has 1 N–H and O–H groups in total. The molecule has 5 aromatic rings. The molecular weight excluding hydrogens is 477 g/mol. The largest absolute Gasteiger partial charge is 0.490 e. The van der Waals surface area contributed by atoms with Gasteiger partial charge in [-0.05, 0) is 80.4 Å². The minimum absolute atomic E-state index is 0.120. The summed E-state index contributed by atoms with van der Waals surface area (Å²) in [6, 6.07) is 17.8. The fraction of sp³-hybridized carbons (Fsp3) is 0.214. The Kier molecular flexibility index (Phi) is 6.86. The molecule has 0 unspecified atom stereocenters. The van der Waals surface area contributed by atoms with Gasteiger partial charge in [0.25, 0.3) is 5.91 Å². The van der Waals surface area contributed by atoms with Gasteiger partial charge in [0.15, 0.2) is 16.5 Å². The zero-order valence-corrected chi connectivity index (χ0v) is 20.9. The minimum Gasteiger partial charge on any atom is -0.490 e. The highest BCUT2D eigenvalue weighted by Crippen LogP contribution is 2.31. The Bertz CT molecular complexity index is 1520. The predicted molar refractivity (Wildman–Crippen MR) is 141 cm³/mol. The van der Waals surface area contributed by atoms with Crippen molar-refractivity contribution < 1.29 is 18.7 Å². The molecule has 0 saturated carbocycles. The van der Waals surface area contributed by atoms with Crippen LogP contribution in [0.3, 0.4) is 0 Å². The number of imidazole rings is 1. The zero-order valence-electron chi connectivity index (χ0n) is 20.1. The van der Waals surface area contributed by atoms with Crippen molar-refractivity contribution in [2.75, 3.05) is 19.8 Å². The average molecular weight is 504 g/mol. The molecule has 0 radical (unpaired) electrons. The quantitative estimate of drug-likeness (QED) is 0.263. The first kappa shape index (κ1) is 23.8. The number of fused-ring (bicyclic) bond motifs is 3. The molecule has 6 nitrogen and oxygen atoms in total. The second-order valence-electron chi connectivity index (χ2n) is 8.22. The van der Waals surface area contributed by atoms with Crippen molar-refractivity contribution in [1.82, 2.24) is 14.7 Å². The van der Waals surface area contributed by atoms with Crippen molar-refractivity contribution in [2.45, 2.75) is 20.3 Å². The number of carbonyl (C=O) groups excluding carboxylic acids is 1. The summed E-state index contributed by atoms with van der Waals surface area (Å²) in [6.07, 6.45) is 2.62. The summed E-state index contributed by atoms with van der Waals surface area (Å²) in [5, 5.41) is 3.01. The van der Waals surface area contributed by atoms with Crippen LogP contribution >= 0.6 is 11.3 Å². The second-order valence-corrected chi connectivity index (χ2v) is 9.23. The van der Waals surface area contributed by atoms with Crippen molar-refractivity contribution in [3.8, 4) is 22.8 Å². The fourth-order valence-corrected chi connectivity index (χ4v) is 5.12. The van der Waals surface area contributed by atoms with E-state index in [9.17, 15) is 9.18 Å². The maximum absolute atomic E-state index is 13.2. The highest BCUT2D eigenvalue weighted by Gasteiger charge is 2.13. The van der Waals surface area contributed by atoms with Crippen molar-refractivity contribution in [3.05, 3.63) is 83.8 Å². The maximum Gasteiger partial charge on any atom is 0.251 e. The van der Waals surface area contributed by atoms with Gasteiger partial charge in [0.1, 0.15) is 5.82 Å². The van der Waals surface area contributed by atoms with Gasteiger partial charge in [-0.25, -0.2) is 9.37 Å². The molecule has 184 valence electrons. The van der Waals surface area contributed by atoms with Crippen LogP contribution in [0.5, 0.6) is 11.5 Å². The number of aromatic nitrogens is 2. The van der Waals surface area contributed by atoms with Crippen LogP contribution in [0, 0.1) is 5.82 Å². The lowest BCUT2D eigenvalue weighted by Gasteiger charge is -2.12. The molecule has 0 aliphatic carbocycles. The van der Waals surface area contributed by atoms with Crippen LogP contribution in [-0.4, -0.2) is 35.1 Å². The number of ether oxygens (including phenoxy) is 2. The van der Waals surface area contributed by atoms with E-state index in [0.29, 0.717) is 31.7 Å². The molecular formula is C28H26FN3O3S. The summed E-state index contributed by atoms with van der Waals surface area (Å²) in [4.78, 5) is 18.3. The number of carbonyl (C=O) groups is 1. The van der Waals surface area contributed by atoms with Crippen LogP contribution in [0.25, 0.3) is 26.4 Å². The van der Waals surface area contributed by atoms with Crippen molar-refractivity contribution in [2.24, 2.45) is 0 Å². The van der Waals surface area contributed by atoms with E-state index in [-0.39, 0.29) is 11.7 Å². The van der Waals surface area contributed by atoms with Crippen LogP contribution in [0.2, 0.25) is 0 Å². The monoisotopic (exact) mass is 503 g/mol. The summed E-state index contributed by atoms with van der Waals surface area (Å²) in [5.74, 6) is 1.06. The Labute approximate surface area is 212 Å². The van der Waals surface area contributed by atoms with Crippen molar-refractivity contribution >= 4 is 32.4 Å². The third-order valence-corrected chi connectivity index (χ3v) is 6.82. The van der Waals surface area contributed by atoms with Gasteiger partial charge < -0.3 is 14.8 Å². The zero-order chi connectivity index (χ0) is 25.1. The Balaban J connectivity index is 1.26. The Hall–Kier alpha value is -3.91. The second kappa shape index (κ2) is 10.4. The summed E-state index contributed by atoms with van der Waals surface area (Å²) >= 11 is 1.52. The molecule has 0 spiro atoms. The first-order chi connectivity index (χ1) is 17.6. The van der Waals surface area contributed by atoms with E-state index >= 15 is 0 Å². The molecule has 2 heterocycles. The van der Waals surface area contributed by atoms with Gasteiger partial charge in [-0.1, -0.05) is 17.4 Å². The first-order valence-electron chi connectivity index (χ1n) is 11.9. The summed E-state index contributed by atoms with van der Waals surface area (Å²) in [5.41, 5.74) is 4.29. The lowest BCUT2D eigenvalue weighted by Crippen LogP contribution is -2.25. The number of nitrogens with one attached hydrogen (secondary N) is 1. The van der Waals surface area contributed by atoms with Crippen molar-refractivity contribution in [1.29, 1.82) is 0 Å². The number of nitrogens with zero attached hydrogens (tertiary/aromatic N) is 2. The Morgan fingerprint density at radius 1 is 1.00 bits per heavy atom. The highest BCUT2D eigenvalue weighted by atomic mass is 32.1. The molecule has 36 heavy (non-hydrogen) atoms. The standard InChI is InChI=1S/C28H26FN3O3S/c1-3-34-24-12-5-18(15-25(24)35-4-2)13-14-30-27(33)20-8-11-23-26(16-20)36-28-31-22(17-32(23)28)19-6-9-21(29)10-7-19/h5-12,15-17H,3-4,13-14H2,1-2H3,(H,30,33). The van der Waals surface area contributed by atoms with Gasteiger partial charge in [0.05, 0.1) is 29.1 Å². The van der Waals surface area contributed by atoms with Gasteiger partial charge in [-0.2, -0.15) is 0 Å². The molecule has 2 aromatic heterocycles. The molecule has 0 atom stereocenters. The molecule has 3 aromatic carbocycles. The third-order valence-electron chi connectivity index (χ3n) is 5.80. The summed E-state index contributed by atoms with van der Waals surface area (Å²) in [6.45, 7) is 5.52. The SMILES string of the molecule is CCOc1ccc(CCNC(=O)c2ccc3c(c2)sc2nc(-c4ccc(F)cc4)cn23)cc1OCC. The number of thiazole rings is 1. The maximum atomic E-state index is 13.2. The number of benzene rings is 3. The smallest absolute Gasteiger partial charge is 0.251 e. The molecule has 1 amide bonds. The van der Waals surface area contributed by atoms with Crippen LogP contribution in [-0.2, 0) is 6.42 Å².